The van der Waals surface area contributed by atoms with E-state index in [0.717, 1.165) is 28.1 Å². The molecule has 166 valence electrons. The van der Waals surface area contributed by atoms with Crippen molar-refractivity contribution in [2.24, 2.45) is 7.05 Å². The van der Waals surface area contributed by atoms with Gasteiger partial charge in [0.25, 0.3) is 0 Å². The van der Waals surface area contributed by atoms with Gasteiger partial charge in [-0.15, -0.1) is 0 Å². The SMILES string of the molecule is COc1c(Nc2cc(Nc3cc(C)nc(C)n3)nc3nc[nH]c23)cccc1-c1ncn(C)n1. The van der Waals surface area contributed by atoms with E-state index in [2.05, 4.69) is 45.6 Å². The van der Waals surface area contributed by atoms with Gasteiger partial charge in [-0.1, -0.05) is 6.07 Å². The number of methoxy groups -OCH3 is 1. The third kappa shape index (κ3) is 4.03. The molecule has 0 aliphatic rings. The fraction of sp³-hybridized carbons (Fsp3) is 0.182. The van der Waals surface area contributed by atoms with Gasteiger partial charge in [0.1, 0.15) is 29.3 Å². The molecule has 4 heterocycles. The molecule has 0 spiro atoms. The van der Waals surface area contributed by atoms with E-state index in [0.29, 0.717) is 34.7 Å². The molecule has 0 amide bonds. The lowest BCUT2D eigenvalue weighted by Crippen LogP contribution is -2.02. The number of ether oxygens (including phenoxy) is 1. The Bertz CT molecular complexity index is 1430. The lowest BCUT2D eigenvalue weighted by Gasteiger charge is -2.15. The topological polar surface area (TPSA) is 131 Å². The van der Waals surface area contributed by atoms with Crippen molar-refractivity contribution in [1.29, 1.82) is 0 Å². The van der Waals surface area contributed by atoms with Crippen molar-refractivity contribution < 1.29 is 4.74 Å². The van der Waals surface area contributed by atoms with Crippen LogP contribution in [0.5, 0.6) is 5.75 Å². The van der Waals surface area contributed by atoms with Crippen LogP contribution in [0.15, 0.2) is 43.0 Å². The Kier molecular flexibility index (Phi) is 5.05. The number of aromatic nitrogens is 8. The maximum atomic E-state index is 5.73. The highest BCUT2D eigenvalue weighted by Gasteiger charge is 2.16. The van der Waals surface area contributed by atoms with Gasteiger partial charge in [-0.25, -0.2) is 24.9 Å². The number of H-pyrrole nitrogens is 1. The average molecular weight is 442 g/mol. The van der Waals surface area contributed by atoms with E-state index >= 15 is 0 Å². The van der Waals surface area contributed by atoms with Crippen molar-refractivity contribution >= 4 is 34.2 Å². The van der Waals surface area contributed by atoms with Crippen molar-refractivity contribution in [2.45, 2.75) is 13.8 Å². The van der Waals surface area contributed by atoms with Crippen LogP contribution in [0, 0.1) is 13.8 Å². The lowest BCUT2D eigenvalue weighted by atomic mass is 10.1. The molecule has 3 N–H and O–H groups in total. The zero-order valence-corrected chi connectivity index (χ0v) is 18.6. The summed E-state index contributed by atoms with van der Waals surface area (Å²) < 4.78 is 7.39. The maximum absolute atomic E-state index is 5.73. The van der Waals surface area contributed by atoms with Gasteiger partial charge in [0.2, 0.25) is 0 Å². The zero-order chi connectivity index (χ0) is 22.9. The first-order valence-electron chi connectivity index (χ1n) is 10.2. The Labute approximate surface area is 189 Å². The summed E-state index contributed by atoms with van der Waals surface area (Å²) in [5, 5.41) is 11.1. The minimum Gasteiger partial charge on any atom is -0.494 e. The van der Waals surface area contributed by atoms with E-state index in [1.54, 1.807) is 24.4 Å². The number of aryl methyl sites for hydroxylation is 3. The van der Waals surface area contributed by atoms with Crippen LogP contribution in [0.4, 0.5) is 23.0 Å². The van der Waals surface area contributed by atoms with Gasteiger partial charge in [0.05, 0.1) is 30.4 Å². The van der Waals surface area contributed by atoms with Gasteiger partial charge >= 0.3 is 0 Å². The molecule has 4 aromatic heterocycles. The summed E-state index contributed by atoms with van der Waals surface area (Å²) in [6.07, 6.45) is 3.26. The second kappa shape index (κ2) is 8.19. The molecule has 33 heavy (non-hydrogen) atoms. The van der Waals surface area contributed by atoms with Crippen LogP contribution < -0.4 is 15.4 Å². The summed E-state index contributed by atoms with van der Waals surface area (Å²) in [7, 11) is 3.45. The second-order valence-corrected chi connectivity index (χ2v) is 7.48. The number of nitrogens with one attached hydrogen (secondary N) is 3. The largest absolute Gasteiger partial charge is 0.494 e. The number of anilines is 4. The number of rotatable bonds is 6. The molecular formula is C22H22N10O. The van der Waals surface area contributed by atoms with E-state index < -0.39 is 0 Å². The Balaban J connectivity index is 1.55. The highest BCUT2D eigenvalue weighted by atomic mass is 16.5. The van der Waals surface area contributed by atoms with Crippen molar-refractivity contribution in [3.63, 3.8) is 0 Å². The van der Waals surface area contributed by atoms with Crippen molar-refractivity contribution in [2.75, 3.05) is 17.7 Å². The van der Waals surface area contributed by atoms with E-state index in [4.69, 9.17) is 4.74 Å². The number of nitrogens with zero attached hydrogens (tertiary/aromatic N) is 7. The highest BCUT2D eigenvalue weighted by Crippen LogP contribution is 2.37. The first-order valence-corrected chi connectivity index (χ1v) is 10.2. The molecule has 0 aliphatic carbocycles. The maximum Gasteiger partial charge on any atom is 0.184 e. The number of aromatic amines is 1. The second-order valence-electron chi connectivity index (χ2n) is 7.48. The van der Waals surface area contributed by atoms with E-state index in [9.17, 15) is 0 Å². The van der Waals surface area contributed by atoms with Crippen LogP contribution >= 0.6 is 0 Å². The minimum atomic E-state index is 0.562. The summed E-state index contributed by atoms with van der Waals surface area (Å²) in [6.45, 7) is 3.78. The third-order valence-corrected chi connectivity index (χ3v) is 4.95. The molecule has 5 aromatic rings. The molecule has 0 radical (unpaired) electrons. The number of pyridine rings is 1. The average Bonchev–Trinajstić information content (AvgIpc) is 3.42. The summed E-state index contributed by atoms with van der Waals surface area (Å²) in [5.74, 6) is 3.15. The Hall–Kier alpha value is -4.54. The molecule has 0 unspecified atom stereocenters. The fourth-order valence-corrected chi connectivity index (χ4v) is 3.64. The zero-order valence-electron chi connectivity index (χ0n) is 18.6. The quantitative estimate of drug-likeness (QED) is 0.360. The molecule has 0 bridgehead atoms. The van der Waals surface area contributed by atoms with Gasteiger partial charge in [0, 0.05) is 24.9 Å². The summed E-state index contributed by atoms with van der Waals surface area (Å²) >= 11 is 0. The van der Waals surface area contributed by atoms with Crippen LogP contribution in [-0.4, -0.2) is 46.8 Å². The molecule has 0 saturated carbocycles. The van der Waals surface area contributed by atoms with Crippen molar-refractivity contribution in [1.82, 2.24) is 39.7 Å². The summed E-state index contributed by atoms with van der Waals surface area (Å²) in [6, 6.07) is 9.53. The molecule has 0 atom stereocenters. The first-order chi connectivity index (χ1) is 16.0. The number of hydrogen-bond acceptors (Lipinski definition) is 9. The molecular weight excluding hydrogens is 420 g/mol. The lowest BCUT2D eigenvalue weighted by molar-refractivity contribution is 0.418. The van der Waals surface area contributed by atoms with Crippen LogP contribution in [-0.2, 0) is 7.05 Å². The monoisotopic (exact) mass is 442 g/mol. The van der Waals surface area contributed by atoms with Crippen LogP contribution in [0.2, 0.25) is 0 Å². The van der Waals surface area contributed by atoms with E-state index in [1.165, 1.54) is 0 Å². The van der Waals surface area contributed by atoms with Crippen LogP contribution in [0.1, 0.15) is 11.5 Å². The van der Waals surface area contributed by atoms with Gasteiger partial charge in [-0.05, 0) is 26.0 Å². The predicted molar refractivity (Wildman–Crippen MR) is 125 cm³/mol. The predicted octanol–water partition coefficient (Wildman–Crippen LogP) is 3.66. The van der Waals surface area contributed by atoms with E-state index in [-0.39, 0.29) is 0 Å². The fourth-order valence-electron chi connectivity index (χ4n) is 3.64. The van der Waals surface area contributed by atoms with Gasteiger partial charge < -0.3 is 20.4 Å². The number of fused-ring (bicyclic) bond motifs is 1. The van der Waals surface area contributed by atoms with Gasteiger partial charge in [-0.2, -0.15) is 5.10 Å². The summed E-state index contributed by atoms with van der Waals surface area (Å²) in [4.78, 5) is 25.2. The molecule has 0 fully saturated rings. The first kappa shape index (κ1) is 20.4. The van der Waals surface area contributed by atoms with Gasteiger partial charge in [-0.3, -0.25) is 4.68 Å². The number of para-hydroxylation sites is 1. The van der Waals surface area contributed by atoms with Crippen molar-refractivity contribution in [3.05, 3.63) is 54.5 Å². The standard InChI is InChI=1S/C22H22N10O/c1-12-8-17(27-13(2)26-12)29-18-9-16(19-22(30-18)24-10-23-19)28-15-7-5-6-14(20(15)33-4)21-25-11-32(3)31-21/h5-11H,1-4H3,(H3,23,24,26,27,28,29,30). The molecule has 0 saturated heterocycles. The smallest absolute Gasteiger partial charge is 0.184 e. The van der Waals surface area contributed by atoms with Crippen LogP contribution in [0.3, 0.4) is 0 Å². The third-order valence-electron chi connectivity index (χ3n) is 4.95. The normalized spacial score (nSPS) is 11.0. The Morgan fingerprint density at radius 3 is 2.58 bits per heavy atom. The Morgan fingerprint density at radius 1 is 0.970 bits per heavy atom. The molecule has 11 nitrogen and oxygen atoms in total. The Morgan fingerprint density at radius 2 is 1.82 bits per heavy atom. The number of benzene rings is 1. The molecule has 11 heteroatoms. The summed E-state index contributed by atoms with van der Waals surface area (Å²) in [5.41, 5.74) is 4.50. The molecule has 1 aromatic carbocycles. The molecule has 0 aliphatic heterocycles. The minimum absolute atomic E-state index is 0.562. The van der Waals surface area contributed by atoms with Crippen LogP contribution in [0.25, 0.3) is 22.6 Å². The molecule has 5 rings (SSSR count). The van der Waals surface area contributed by atoms with Gasteiger partial charge in [0.15, 0.2) is 17.2 Å². The van der Waals surface area contributed by atoms with Crippen molar-refractivity contribution in [3.8, 4) is 17.1 Å². The van der Waals surface area contributed by atoms with E-state index in [1.807, 2.05) is 51.2 Å². The number of imidazole rings is 1. The number of hydrogen-bond donors (Lipinski definition) is 3. The highest BCUT2D eigenvalue weighted by molar-refractivity contribution is 5.91.